The highest BCUT2D eigenvalue weighted by atomic mass is 35.5. The molecule has 208 valence electrons. The van der Waals surface area contributed by atoms with E-state index in [0.717, 1.165) is 22.5 Å². The molecule has 3 aromatic rings. The average molecular weight is 594 g/mol. The highest BCUT2D eigenvalue weighted by Crippen LogP contribution is 2.33. The topological polar surface area (TPSA) is 143 Å². The third kappa shape index (κ3) is 6.43. The normalized spacial score (nSPS) is 14.4. The van der Waals surface area contributed by atoms with Crippen LogP contribution in [0.15, 0.2) is 41.3 Å². The van der Waals surface area contributed by atoms with Gasteiger partial charge in [-0.1, -0.05) is 22.9 Å². The Balaban J connectivity index is 1.58. The number of imide groups is 1. The van der Waals surface area contributed by atoms with E-state index in [9.17, 15) is 22.8 Å². The zero-order chi connectivity index (χ0) is 28.7. The highest BCUT2D eigenvalue weighted by Gasteiger charge is 2.30. The number of carbonyl (C=O) groups excluding carboxylic acids is 3. The van der Waals surface area contributed by atoms with Crippen molar-refractivity contribution in [3.05, 3.63) is 47.0 Å². The van der Waals surface area contributed by atoms with E-state index in [-0.39, 0.29) is 26.7 Å². The molecular weight excluding hydrogens is 566 g/mol. The van der Waals surface area contributed by atoms with Gasteiger partial charge in [0.2, 0.25) is 5.13 Å². The molecule has 1 saturated heterocycles. The first-order chi connectivity index (χ1) is 18.1. The van der Waals surface area contributed by atoms with Crippen LogP contribution in [0.2, 0.25) is 5.02 Å². The van der Waals surface area contributed by atoms with Crippen LogP contribution in [0.3, 0.4) is 0 Å². The van der Waals surface area contributed by atoms with Crippen LogP contribution in [0.4, 0.5) is 20.4 Å². The number of anilines is 2. The van der Waals surface area contributed by atoms with Gasteiger partial charge >= 0.3 is 12.1 Å². The number of rotatable bonds is 4. The summed E-state index contributed by atoms with van der Waals surface area (Å²) in [5, 5.41) is 0.100. The van der Waals surface area contributed by atoms with Crippen molar-refractivity contribution in [3.63, 3.8) is 0 Å². The van der Waals surface area contributed by atoms with Crippen LogP contribution in [0, 0.1) is 0 Å². The predicted molar refractivity (Wildman–Crippen MR) is 151 cm³/mol. The Labute approximate surface area is 235 Å². The minimum Gasteiger partial charge on any atom is -0.444 e. The van der Waals surface area contributed by atoms with Crippen molar-refractivity contribution in [3.8, 4) is 0 Å². The number of hydrogen-bond donors (Lipinski definition) is 1. The van der Waals surface area contributed by atoms with Gasteiger partial charge in [-0.15, -0.1) is 0 Å². The fourth-order valence-electron chi connectivity index (χ4n) is 3.97. The summed E-state index contributed by atoms with van der Waals surface area (Å²) in [6, 6.07) is 8.15. The van der Waals surface area contributed by atoms with Crippen molar-refractivity contribution in [2.75, 3.05) is 42.2 Å². The maximum atomic E-state index is 13.5. The van der Waals surface area contributed by atoms with Gasteiger partial charge in [0.1, 0.15) is 5.60 Å². The zero-order valence-electron chi connectivity index (χ0n) is 21.8. The number of urea groups is 1. The molecule has 2 heterocycles. The molecule has 11 nitrogen and oxygen atoms in total. The van der Waals surface area contributed by atoms with E-state index in [1.54, 1.807) is 23.1 Å². The Bertz CT molecular complexity index is 1560. The second-order valence-electron chi connectivity index (χ2n) is 10.00. The summed E-state index contributed by atoms with van der Waals surface area (Å²) in [4.78, 5) is 47.1. The van der Waals surface area contributed by atoms with Crippen molar-refractivity contribution in [1.29, 1.82) is 0 Å². The summed E-state index contributed by atoms with van der Waals surface area (Å²) in [6.07, 6.45) is 0.701. The molecule has 39 heavy (non-hydrogen) atoms. The highest BCUT2D eigenvalue weighted by molar-refractivity contribution is 7.90. The van der Waals surface area contributed by atoms with Crippen LogP contribution in [0.5, 0.6) is 0 Å². The lowest BCUT2D eigenvalue weighted by Gasteiger charge is -2.37. The van der Waals surface area contributed by atoms with E-state index in [4.69, 9.17) is 22.1 Å². The minimum absolute atomic E-state index is 0.0133. The van der Waals surface area contributed by atoms with E-state index in [2.05, 4.69) is 4.98 Å². The number of sulfone groups is 1. The van der Waals surface area contributed by atoms with Gasteiger partial charge in [-0.2, -0.15) is 0 Å². The molecule has 0 aliphatic carbocycles. The Morgan fingerprint density at radius 3 is 2.33 bits per heavy atom. The number of aromatic nitrogens is 1. The van der Waals surface area contributed by atoms with Gasteiger partial charge in [0.15, 0.2) is 9.84 Å². The number of amides is 4. The lowest BCUT2D eigenvalue weighted by atomic mass is 10.1. The van der Waals surface area contributed by atoms with Crippen LogP contribution in [0.25, 0.3) is 10.2 Å². The molecule has 0 bridgehead atoms. The van der Waals surface area contributed by atoms with Gasteiger partial charge in [0.25, 0.3) is 5.91 Å². The molecule has 0 unspecified atom stereocenters. The van der Waals surface area contributed by atoms with E-state index in [1.165, 1.54) is 18.2 Å². The molecule has 0 radical (unpaired) electrons. The number of hydrogen-bond acceptors (Lipinski definition) is 9. The zero-order valence-corrected chi connectivity index (χ0v) is 24.2. The molecule has 1 fully saturated rings. The smallest absolute Gasteiger partial charge is 0.410 e. The maximum Gasteiger partial charge on any atom is 0.410 e. The minimum atomic E-state index is -3.46. The van der Waals surface area contributed by atoms with E-state index in [1.807, 2.05) is 25.7 Å². The van der Waals surface area contributed by atoms with Crippen molar-refractivity contribution < 1.29 is 27.5 Å². The predicted octanol–water partition coefficient (Wildman–Crippen LogP) is 4.14. The largest absolute Gasteiger partial charge is 0.444 e. The SMILES string of the molecule is CC(C)(C)OC(=O)N1CCN(c2ccc(Cl)c(C(=O)N(C(N)=O)c3nc4ccc(S(C)(=O)=O)cc4s3)c2)CC1. The molecule has 0 spiro atoms. The van der Waals surface area contributed by atoms with E-state index in [0.29, 0.717) is 42.1 Å². The molecule has 0 atom stereocenters. The van der Waals surface area contributed by atoms with Crippen molar-refractivity contribution >= 4 is 71.8 Å². The second kappa shape index (κ2) is 10.6. The van der Waals surface area contributed by atoms with Gasteiger partial charge in [-0.05, 0) is 57.2 Å². The lowest BCUT2D eigenvalue weighted by Crippen LogP contribution is -2.50. The van der Waals surface area contributed by atoms with Gasteiger partial charge in [-0.3, -0.25) is 4.79 Å². The summed E-state index contributed by atoms with van der Waals surface area (Å²) >= 11 is 7.33. The molecule has 2 aromatic carbocycles. The molecule has 4 amide bonds. The maximum absolute atomic E-state index is 13.5. The van der Waals surface area contributed by atoms with Gasteiger partial charge in [0.05, 0.1) is 25.7 Å². The van der Waals surface area contributed by atoms with Gasteiger partial charge in [0, 0.05) is 38.1 Å². The van der Waals surface area contributed by atoms with Crippen LogP contribution in [-0.4, -0.2) is 74.4 Å². The number of carbonyl (C=O) groups is 3. The number of ether oxygens (including phenoxy) is 1. The van der Waals surface area contributed by atoms with Crippen molar-refractivity contribution in [2.45, 2.75) is 31.3 Å². The summed E-state index contributed by atoms with van der Waals surface area (Å²) in [5.74, 6) is -0.774. The number of fused-ring (bicyclic) bond motifs is 1. The van der Waals surface area contributed by atoms with Crippen LogP contribution < -0.4 is 15.5 Å². The lowest BCUT2D eigenvalue weighted by molar-refractivity contribution is 0.0240. The first kappa shape index (κ1) is 28.6. The number of thiazole rings is 1. The molecule has 1 aliphatic heterocycles. The van der Waals surface area contributed by atoms with Crippen LogP contribution >= 0.6 is 22.9 Å². The fourth-order valence-corrected chi connectivity index (χ4v) is 5.90. The average Bonchev–Trinajstić information content (AvgIpc) is 3.25. The van der Waals surface area contributed by atoms with Crippen molar-refractivity contribution in [1.82, 2.24) is 9.88 Å². The first-order valence-electron chi connectivity index (χ1n) is 11.9. The molecule has 4 rings (SSSR count). The van der Waals surface area contributed by atoms with Gasteiger partial charge < -0.3 is 20.3 Å². The third-order valence-electron chi connectivity index (χ3n) is 5.87. The summed E-state index contributed by atoms with van der Waals surface area (Å²) < 4.78 is 29.8. The second-order valence-corrected chi connectivity index (χ2v) is 13.4. The van der Waals surface area contributed by atoms with Gasteiger partial charge in [-0.25, -0.2) is 27.9 Å². The first-order valence-corrected chi connectivity index (χ1v) is 15.0. The molecular formula is C25H28ClN5O6S2. The van der Waals surface area contributed by atoms with Crippen molar-refractivity contribution in [2.24, 2.45) is 5.73 Å². The quantitative estimate of drug-likeness (QED) is 0.475. The number of halogens is 1. The molecule has 1 aromatic heterocycles. The number of primary amides is 1. The number of nitrogens with zero attached hydrogens (tertiary/aromatic N) is 4. The summed E-state index contributed by atoms with van der Waals surface area (Å²) in [7, 11) is -3.46. The Morgan fingerprint density at radius 1 is 1.08 bits per heavy atom. The fraction of sp³-hybridized carbons (Fsp3) is 0.360. The van der Waals surface area contributed by atoms with E-state index >= 15 is 0 Å². The Morgan fingerprint density at radius 2 is 1.74 bits per heavy atom. The molecule has 1 aliphatic rings. The number of benzene rings is 2. The summed E-state index contributed by atoms with van der Waals surface area (Å²) in [6.45, 7) is 7.27. The monoisotopic (exact) mass is 593 g/mol. The molecule has 2 N–H and O–H groups in total. The van der Waals surface area contributed by atoms with E-state index < -0.39 is 27.4 Å². The summed E-state index contributed by atoms with van der Waals surface area (Å²) in [5.41, 5.74) is 6.11. The number of piperazine rings is 1. The van der Waals surface area contributed by atoms with Crippen LogP contribution in [0.1, 0.15) is 31.1 Å². The standard InChI is InChI=1S/C25H28ClN5O6S2/c1-25(2,3)37-24(34)30-11-9-29(10-12-30)15-5-7-18(26)17(13-15)21(32)31(22(27)33)23-28-19-8-6-16(39(4,35)36)14-20(19)38-23/h5-8,13-14H,9-12H2,1-4H3,(H2,27,33). The number of nitrogens with two attached hydrogens (primary N) is 1. The van der Waals surface area contributed by atoms with Crippen LogP contribution in [-0.2, 0) is 14.6 Å². The Kier molecular flexibility index (Phi) is 7.79. The third-order valence-corrected chi connectivity index (χ3v) is 8.31. The Hall–Kier alpha value is -3.42. The molecule has 14 heteroatoms. The molecule has 0 saturated carbocycles.